The molecule has 3 nitrogen and oxygen atoms in total. The Morgan fingerprint density at radius 2 is 1.82 bits per heavy atom. The van der Waals surface area contributed by atoms with Gasteiger partial charge in [0.1, 0.15) is 5.75 Å². The van der Waals surface area contributed by atoms with Gasteiger partial charge < -0.3 is 15.5 Å². The minimum Gasteiger partial charge on any atom is -0.508 e. The summed E-state index contributed by atoms with van der Waals surface area (Å²) < 4.78 is 0. The molecular weight excluding hydrogens is 214 g/mol. The molecule has 3 heteroatoms. The summed E-state index contributed by atoms with van der Waals surface area (Å²) in [6.07, 6.45) is 5.13. The average Bonchev–Trinajstić information content (AvgIpc) is 2.34. The Kier molecular flexibility index (Phi) is 4.40. The van der Waals surface area contributed by atoms with Crippen molar-refractivity contribution in [2.45, 2.75) is 44.2 Å². The van der Waals surface area contributed by atoms with Gasteiger partial charge >= 0.3 is 0 Å². The van der Waals surface area contributed by atoms with Gasteiger partial charge in [0.05, 0.1) is 6.10 Å². The van der Waals surface area contributed by atoms with Crippen molar-refractivity contribution in [1.82, 2.24) is 5.32 Å². The van der Waals surface area contributed by atoms with Gasteiger partial charge in [-0.05, 0) is 43.5 Å². The van der Waals surface area contributed by atoms with Gasteiger partial charge in [0.25, 0.3) is 0 Å². The lowest BCUT2D eigenvalue weighted by atomic mass is 9.92. The van der Waals surface area contributed by atoms with E-state index in [1.807, 2.05) is 12.1 Å². The zero-order valence-electron chi connectivity index (χ0n) is 10.1. The lowest BCUT2D eigenvalue weighted by Crippen LogP contribution is -2.42. The van der Waals surface area contributed by atoms with Gasteiger partial charge in [-0.25, -0.2) is 0 Å². The number of phenolic OH excluding ortho intramolecular Hbond substituents is 1. The summed E-state index contributed by atoms with van der Waals surface area (Å²) in [5.41, 5.74) is 1.21. The van der Waals surface area contributed by atoms with Crippen LogP contribution in [0.4, 0.5) is 0 Å². The van der Waals surface area contributed by atoms with Crippen molar-refractivity contribution >= 4 is 0 Å². The van der Waals surface area contributed by atoms with Crippen LogP contribution >= 0.6 is 0 Å². The number of phenols is 1. The monoisotopic (exact) mass is 235 g/mol. The lowest BCUT2D eigenvalue weighted by Gasteiger charge is -2.28. The first-order chi connectivity index (χ1) is 8.25. The molecule has 1 saturated carbocycles. The van der Waals surface area contributed by atoms with E-state index in [0.717, 1.165) is 32.2 Å². The van der Waals surface area contributed by atoms with E-state index in [1.165, 1.54) is 12.0 Å². The topological polar surface area (TPSA) is 52.5 Å². The molecule has 0 amide bonds. The first-order valence-corrected chi connectivity index (χ1v) is 6.45. The largest absolute Gasteiger partial charge is 0.508 e. The van der Waals surface area contributed by atoms with Crippen LogP contribution in [0.5, 0.6) is 5.75 Å². The van der Waals surface area contributed by atoms with E-state index in [2.05, 4.69) is 5.32 Å². The molecule has 94 valence electrons. The molecule has 1 aromatic carbocycles. The highest BCUT2D eigenvalue weighted by molar-refractivity contribution is 5.25. The number of aromatic hydroxyl groups is 1. The predicted molar refractivity (Wildman–Crippen MR) is 68.1 cm³/mol. The van der Waals surface area contributed by atoms with E-state index in [1.54, 1.807) is 12.1 Å². The smallest absolute Gasteiger partial charge is 0.115 e. The van der Waals surface area contributed by atoms with Crippen molar-refractivity contribution < 1.29 is 10.2 Å². The van der Waals surface area contributed by atoms with Crippen LogP contribution in [0.2, 0.25) is 0 Å². The quantitative estimate of drug-likeness (QED) is 0.746. The van der Waals surface area contributed by atoms with Gasteiger partial charge in [0.15, 0.2) is 0 Å². The zero-order valence-corrected chi connectivity index (χ0v) is 10.1. The maximum absolute atomic E-state index is 9.81. The Bertz CT molecular complexity index is 337. The van der Waals surface area contributed by atoms with Crippen LogP contribution in [-0.2, 0) is 6.42 Å². The van der Waals surface area contributed by atoms with E-state index in [0.29, 0.717) is 5.75 Å². The summed E-state index contributed by atoms with van der Waals surface area (Å²) in [5, 5.41) is 22.4. The van der Waals surface area contributed by atoms with Crippen molar-refractivity contribution in [2.75, 3.05) is 6.54 Å². The normalized spacial score (nSPS) is 24.8. The van der Waals surface area contributed by atoms with Crippen molar-refractivity contribution in [1.29, 1.82) is 0 Å². The van der Waals surface area contributed by atoms with Gasteiger partial charge in [-0.2, -0.15) is 0 Å². The van der Waals surface area contributed by atoms with Gasteiger partial charge in [-0.3, -0.25) is 0 Å². The molecule has 0 radical (unpaired) electrons. The summed E-state index contributed by atoms with van der Waals surface area (Å²) in [6.45, 7) is 0.881. The number of aliphatic hydroxyl groups excluding tert-OH is 1. The molecule has 0 spiro atoms. The highest BCUT2D eigenvalue weighted by Gasteiger charge is 2.21. The molecule has 3 N–H and O–H groups in total. The van der Waals surface area contributed by atoms with Crippen LogP contribution in [0.15, 0.2) is 24.3 Å². The summed E-state index contributed by atoms with van der Waals surface area (Å²) >= 11 is 0. The highest BCUT2D eigenvalue weighted by Crippen LogP contribution is 2.18. The molecule has 0 saturated heterocycles. The number of aliphatic hydroxyl groups is 1. The number of nitrogens with one attached hydrogen (secondary N) is 1. The molecule has 1 aliphatic carbocycles. The first-order valence-electron chi connectivity index (χ1n) is 6.45. The highest BCUT2D eigenvalue weighted by atomic mass is 16.3. The van der Waals surface area contributed by atoms with Crippen molar-refractivity contribution in [3.05, 3.63) is 29.8 Å². The minimum atomic E-state index is -0.177. The SMILES string of the molecule is Oc1ccc(CCN[C@@H]2CCCC[C@@H]2O)cc1. The van der Waals surface area contributed by atoms with E-state index in [-0.39, 0.29) is 12.1 Å². The van der Waals surface area contributed by atoms with Crippen LogP contribution in [-0.4, -0.2) is 28.9 Å². The zero-order chi connectivity index (χ0) is 12.1. The Balaban J connectivity index is 1.73. The number of hydrogen-bond acceptors (Lipinski definition) is 3. The standard InChI is InChI=1S/C14H21NO2/c16-12-7-5-11(6-8-12)9-10-15-13-3-1-2-4-14(13)17/h5-8,13-17H,1-4,9-10H2/t13-,14+/m1/s1. The summed E-state index contributed by atoms with van der Waals surface area (Å²) in [7, 11) is 0. The third-order valence-electron chi connectivity index (χ3n) is 3.49. The van der Waals surface area contributed by atoms with Gasteiger partial charge in [-0.15, -0.1) is 0 Å². The fraction of sp³-hybridized carbons (Fsp3) is 0.571. The molecule has 0 unspecified atom stereocenters. The van der Waals surface area contributed by atoms with E-state index < -0.39 is 0 Å². The second-order valence-electron chi connectivity index (χ2n) is 4.83. The molecule has 2 atom stereocenters. The number of rotatable bonds is 4. The van der Waals surface area contributed by atoms with Gasteiger partial charge in [-0.1, -0.05) is 25.0 Å². The number of benzene rings is 1. The van der Waals surface area contributed by atoms with Gasteiger partial charge in [0, 0.05) is 6.04 Å². The third kappa shape index (κ3) is 3.72. The maximum atomic E-state index is 9.81. The molecular formula is C14H21NO2. The van der Waals surface area contributed by atoms with Crippen molar-refractivity contribution in [3.63, 3.8) is 0 Å². The van der Waals surface area contributed by atoms with Crippen LogP contribution in [0.25, 0.3) is 0 Å². The molecule has 0 bridgehead atoms. The Labute approximate surface area is 102 Å². The molecule has 0 aliphatic heterocycles. The minimum absolute atomic E-state index is 0.177. The maximum Gasteiger partial charge on any atom is 0.115 e. The molecule has 0 aromatic heterocycles. The fourth-order valence-corrected chi connectivity index (χ4v) is 2.41. The van der Waals surface area contributed by atoms with Crippen LogP contribution < -0.4 is 5.32 Å². The lowest BCUT2D eigenvalue weighted by molar-refractivity contribution is 0.0914. The van der Waals surface area contributed by atoms with Crippen LogP contribution in [0.1, 0.15) is 31.2 Å². The summed E-state index contributed by atoms with van der Waals surface area (Å²) in [4.78, 5) is 0. The summed E-state index contributed by atoms with van der Waals surface area (Å²) in [6, 6.07) is 7.57. The molecule has 1 aliphatic rings. The van der Waals surface area contributed by atoms with Crippen molar-refractivity contribution in [2.24, 2.45) is 0 Å². The average molecular weight is 235 g/mol. The number of hydrogen-bond donors (Lipinski definition) is 3. The Morgan fingerprint density at radius 3 is 2.53 bits per heavy atom. The molecule has 1 fully saturated rings. The van der Waals surface area contributed by atoms with Crippen LogP contribution in [0.3, 0.4) is 0 Å². The summed E-state index contributed by atoms with van der Waals surface area (Å²) in [5.74, 6) is 0.310. The first kappa shape index (κ1) is 12.4. The molecule has 17 heavy (non-hydrogen) atoms. The molecule has 1 aromatic rings. The van der Waals surface area contributed by atoms with E-state index in [4.69, 9.17) is 0 Å². The fourth-order valence-electron chi connectivity index (χ4n) is 2.41. The van der Waals surface area contributed by atoms with Gasteiger partial charge in [0.2, 0.25) is 0 Å². The van der Waals surface area contributed by atoms with E-state index in [9.17, 15) is 10.2 Å². The third-order valence-corrected chi connectivity index (χ3v) is 3.49. The second-order valence-corrected chi connectivity index (χ2v) is 4.83. The molecule has 2 rings (SSSR count). The van der Waals surface area contributed by atoms with E-state index >= 15 is 0 Å². The Morgan fingerprint density at radius 1 is 1.12 bits per heavy atom. The van der Waals surface area contributed by atoms with Crippen molar-refractivity contribution in [3.8, 4) is 5.75 Å². The Hall–Kier alpha value is -1.06. The van der Waals surface area contributed by atoms with Crippen LogP contribution in [0, 0.1) is 0 Å². The predicted octanol–water partition coefficient (Wildman–Crippen LogP) is 1.83. The second kappa shape index (κ2) is 6.03. The molecule has 0 heterocycles.